The van der Waals surface area contributed by atoms with E-state index < -0.39 is 0 Å². The van der Waals surface area contributed by atoms with Crippen LogP contribution < -0.4 is 0 Å². The molecule has 112 valence electrons. The first-order valence-electron chi connectivity index (χ1n) is 8.51. The van der Waals surface area contributed by atoms with Crippen LogP contribution in [0.15, 0.2) is 48.5 Å². The highest BCUT2D eigenvalue weighted by Gasteiger charge is 2.00. The molecular weight excluding hydrogens is 252 g/mol. The molecule has 2 aromatic rings. The van der Waals surface area contributed by atoms with Crippen LogP contribution in [-0.2, 0) is 12.8 Å². The molecule has 0 unspecified atom stereocenters. The highest BCUT2D eigenvalue weighted by Crippen LogP contribution is 2.22. The van der Waals surface area contributed by atoms with E-state index >= 15 is 0 Å². The maximum atomic E-state index is 2.35. The number of hydrogen-bond acceptors (Lipinski definition) is 0. The summed E-state index contributed by atoms with van der Waals surface area (Å²) < 4.78 is 0. The Morgan fingerprint density at radius 2 is 1.33 bits per heavy atom. The first kappa shape index (κ1) is 15.8. The minimum atomic E-state index is 1.19. The molecule has 0 aromatic heterocycles. The zero-order chi connectivity index (χ0) is 14.9. The van der Waals surface area contributed by atoms with E-state index in [4.69, 9.17) is 0 Å². The van der Waals surface area contributed by atoms with Gasteiger partial charge in [-0.2, -0.15) is 0 Å². The summed E-state index contributed by atoms with van der Waals surface area (Å²) in [6, 6.07) is 18.2. The Labute approximate surface area is 130 Å². The second-order valence-electron chi connectivity index (χ2n) is 5.96. The van der Waals surface area contributed by atoms with E-state index in [2.05, 4.69) is 62.4 Å². The lowest BCUT2D eigenvalue weighted by Crippen LogP contribution is -1.88. The normalized spacial score (nSPS) is 10.8. The zero-order valence-corrected chi connectivity index (χ0v) is 13.6. The fraction of sp³-hybridized carbons (Fsp3) is 0.429. The maximum Gasteiger partial charge on any atom is -0.0181 e. The average Bonchev–Trinajstić information content (AvgIpc) is 2.54. The molecule has 0 heterocycles. The Balaban J connectivity index is 2.04. The molecular formula is C21H28. The molecule has 0 radical (unpaired) electrons. The molecule has 0 aliphatic carbocycles. The molecule has 0 saturated carbocycles. The van der Waals surface area contributed by atoms with E-state index in [0.717, 1.165) is 0 Å². The molecule has 0 saturated heterocycles. The second kappa shape index (κ2) is 8.67. The molecule has 0 amide bonds. The molecule has 2 rings (SSSR count). The van der Waals surface area contributed by atoms with Crippen LogP contribution in [0.3, 0.4) is 0 Å². The lowest BCUT2D eigenvalue weighted by atomic mass is 9.98. The van der Waals surface area contributed by atoms with E-state index in [1.165, 1.54) is 67.2 Å². The SMILES string of the molecule is CCCCCc1ccc(-c2cccc(CCCC)c2)cc1. The van der Waals surface area contributed by atoms with Crippen LogP contribution in [0.5, 0.6) is 0 Å². The molecule has 0 fully saturated rings. The van der Waals surface area contributed by atoms with Gasteiger partial charge in [0.05, 0.1) is 0 Å². The second-order valence-corrected chi connectivity index (χ2v) is 5.96. The Hall–Kier alpha value is -1.56. The molecule has 0 atom stereocenters. The summed E-state index contributed by atoms with van der Waals surface area (Å²) in [7, 11) is 0. The van der Waals surface area contributed by atoms with Crippen molar-refractivity contribution in [1.82, 2.24) is 0 Å². The lowest BCUT2D eigenvalue weighted by molar-refractivity contribution is 0.717. The van der Waals surface area contributed by atoms with Gasteiger partial charge in [0.1, 0.15) is 0 Å². The van der Waals surface area contributed by atoms with Crippen LogP contribution in [0.25, 0.3) is 11.1 Å². The fourth-order valence-electron chi connectivity index (χ4n) is 2.73. The van der Waals surface area contributed by atoms with Gasteiger partial charge >= 0.3 is 0 Å². The van der Waals surface area contributed by atoms with Crippen LogP contribution in [0.1, 0.15) is 57.1 Å². The van der Waals surface area contributed by atoms with Crippen molar-refractivity contribution in [2.45, 2.75) is 58.8 Å². The number of unbranched alkanes of at least 4 members (excludes halogenated alkanes) is 3. The average molecular weight is 280 g/mol. The van der Waals surface area contributed by atoms with E-state index in [1.807, 2.05) is 0 Å². The third-order valence-corrected chi connectivity index (χ3v) is 4.10. The minimum Gasteiger partial charge on any atom is -0.0654 e. The van der Waals surface area contributed by atoms with Crippen LogP contribution in [0.2, 0.25) is 0 Å². The minimum absolute atomic E-state index is 1.19. The molecule has 0 aliphatic rings. The molecule has 0 bridgehead atoms. The third kappa shape index (κ3) is 5.04. The van der Waals surface area contributed by atoms with Gasteiger partial charge in [0, 0.05) is 0 Å². The van der Waals surface area contributed by atoms with Crippen LogP contribution >= 0.6 is 0 Å². The fourth-order valence-corrected chi connectivity index (χ4v) is 2.73. The van der Waals surface area contributed by atoms with Gasteiger partial charge in [-0.3, -0.25) is 0 Å². The third-order valence-electron chi connectivity index (χ3n) is 4.10. The Kier molecular flexibility index (Phi) is 6.53. The molecule has 0 spiro atoms. The quantitative estimate of drug-likeness (QED) is 0.489. The van der Waals surface area contributed by atoms with Crippen molar-refractivity contribution in [2.75, 3.05) is 0 Å². The van der Waals surface area contributed by atoms with Crippen molar-refractivity contribution in [1.29, 1.82) is 0 Å². The highest BCUT2D eigenvalue weighted by molar-refractivity contribution is 5.64. The predicted molar refractivity (Wildman–Crippen MR) is 93.7 cm³/mol. The van der Waals surface area contributed by atoms with Gasteiger partial charge in [-0.05, 0) is 47.9 Å². The summed E-state index contributed by atoms with van der Waals surface area (Å²) in [5.74, 6) is 0. The first-order valence-corrected chi connectivity index (χ1v) is 8.51. The van der Waals surface area contributed by atoms with Crippen molar-refractivity contribution in [3.8, 4) is 11.1 Å². The van der Waals surface area contributed by atoms with Crippen molar-refractivity contribution in [3.05, 3.63) is 59.7 Å². The Morgan fingerprint density at radius 1 is 0.619 bits per heavy atom. The number of aryl methyl sites for hydroxylation is 2. The highest BCUT2D eigenvalue weighted by atomic mass is 14.1. The summed E-state index contributed by atoms with van der Waals surface area (Å²) in [4.78, 5) is 0. The van der Waals surface area contributed by atoms with Crippen LogP contribution in [-0.4, -0.2) is 0 Å². The van der Waals surface area contributed by atoms with Gasteiger partial charge in [-0.25, -0.2) is 0 Å². The lowest BCUT2D eigenvalue weighted by Gasteiger charge is -2.07. The van der Waals surface area contributed by atoms with Crippen molar-refractivity contribution < 1.29 is 0 Å². The zero-order valence-electron chi connectivity index (χ0n) is 13.6. The number of benzene rings is 2. The standard InChI is InChI=1S/C21H28/c1-3-5-7-10-18-13-15-20(16-14-18)21-12-8-11-19(17-21)9-6-4-2/h8,11-17H,3-7,9-10H2,1-2H3. The number of rotatable bonds is 8. The Morgan fingerprint density at radius 3 is 2.05 bits per heavy atom. The molecule has 0 aliphatic heterocycles. The van der Waals surface area contributed by atoms with Crippen molar-refractivity contribution >= 4 is 0 Å². The van der Waals surface area contributed by atoms with Gasteiger partial charge in [-0.15, -0.1) is 0 Å². The topological polar surface area (TPSA) is 0 Å². The maximum absolute atomic E-state index is 2.35. The van der Waals surface area contributed by atoms with Gasteiger partial charge in [0.15, 0.2) is 0 Å². The summed E-state index contributed by atoms with van der Waals surface area (Å²) in [6.07, 6.45) is 8.88. The molecule has 0 nitrogen and oxygen atoms in total. The first-order chi connectivity index (χ1) is 10.3. The molecule has 0 N–H and O–H groups in total. The summed E-state index contributed by atoms with van der Waals surface area (Å²) in [5, 5.41) is 0. The Bertz CT molecular complexity index is 522. The molecule has 2 aromatic carbocycles. The van der Waals surface area contributed by atoms with Crippen molar-refractivity contribution in [3.63, 3.8) is 0 Å². The van der Waals surface area contributed by atoms with E-state index in [9.17, 15) is 0 Å². The molecule has 0 heteroatoms. The van der Waals surface area contributed by atoms with E-state index in [0.29, 0.717) is 0 Å². The smallest absolute Gasteiger partial charge is 0.0181 e. The van der Waals surface area contributed by atoms with Gasteiger partial charge in [-0.1, -0.05) is 81.6 Å². The van der Waals surface area contributed by atoms with E-state index in [1.54, 1.807) is 0 Å². The van der Waals surface area contributed by atoms with Gasteiger partial charge in [0.2, 0.25) is 0 Å². The monoisotopic (exact) mass is 280 g/mol. The summed E-state index contributed by atoms with van der Waals surface area (Å²) in [5.41, 5.74) is 5.62. The number of hydrogen-bond donors (Lipinski definition) is 0. The molecule has 21 heavy (non-hydrogen) atoms. The summed E-state index contributed by atoms with van der Waals surface area (Å²) in [6.45, 7) is 4.51. The summed E-state index contributed by atoms with van der Waals surface area (Å²) >= 11 is 0. The van der Waals surface area contributed by atoms with Crippen LogP contribution in [0.4, 0.5) is 0 Å². The van der Waals surface area contributed by atoms with Crippen molar-refractivity contribution in [2.24, 2.45) is 0 Å². The van der Waals surface area contributed by atoms with Gasteiger partial charge in [0.25, 0.3) is 0 Å². The largest absolute Gasteiger partial charge is 0.0654 e. The predicted octanol–water partition coefficient (Wildman–Crippen LogP) is 6.43. The van der Waals surface area contributed by atoms with Crippen LogP contribution in [0, 0.1) is 0 Å². The van der Waals surface area contributed by atoms with Gasteiger partial charge < -0.3 is 0 Å². The van der Waals surface area contributed by atoms with E-state index in [-0.39, 0.29) is 0 Å².